The van der Waals surface area contributed by atoms with Gasteiger partial charge in [0.25, 0.3) is 0 Å². The predicted octanol–water partition coefficient (Wildman–Crippen LogP) is 1.66. The summed E-state index contributed by atoms with van der Waals surface area (Å²) in [6.45, 7) is 17.1. The quantitative estimate of drug-likeness (QED) is 0.524. The maximum Gasteiger partial charge on any atom is 0.410 e. The second-order valence-corrected chi connectivity index (χ2v) is 8.83. The van der Waals surface area contributed by atoms with Gasteiger partial charge in [0.15, 0.2) is 5.96 Å². The van der Waals surface area contributed by atoms with Crippen LogP contribution in [-0.2, 0) is 9.47 Å². The number of amides is 1. The Bertz CT molecular complexity index is 518. The van der Waals surface area contributed by atoms with E-state index in [0.717, 1.165) is 58.1 Å². The number of nitrogens with zero attached hydrogens (tertiary/aromatic N) is 3. The molecule has 1 atom stereocenters. The van der Waals surface area contributed by atoms with Gasteiger partial charge in [-0.1, -0.05) is 0 Å². The highest BCUT2D eigenvalue weighted by atomic mass is 16.6. The highest BCUT2D eigenvalue weighted by Gasteiger charge is 2.29. The maximum absolute atomic E-state index is 12.1. The van der Waals surface area contributed by atoms with Crippen molar-refractivity contribution in [3.8, 4) is 0 Å². The van der Waals surface area contributed by atoms with Crippen molar-refractivity contribution >= 4 is 12.1 Å². The summed E-state index contributed by atoms with van der Waals surface area (Å²) in [7, 11) is 0. The minimum Gasteiger partial charge on any atom is -0.444 e. The molecule has 2 aliphatic heterocycles. The van der Waals surface area contributed by atoms with Gasteiger partial charge in [-0.25, -0.2) is 4.79 Å². The molecule has 0 aromatic carbocycles. The molecule has 2 heterocycles. The standard InChI is InChI=1S/C20H39N5O3/c1-6-21-17(23-16-20(5)8-7-15-27-20)22-9-10-24-11-13-25(14-12-24)18(26)28-19(2,3)4/h6-16H2,1-5H3,(H2,21,22,23). The highest BCUT2D eigenvalue weighted by Crippen LogP contribution is 2.24. The second kappa shape index (κ2) is 10.3. The molecule has 8 nitrogen and oxygen atoms in total. The molecule has 0 aromatic rings. The number of hydrogen-bond acceptors (Lipinski definition) is 5. The van der Waals surface area contributed by atoms with Gasteiger partial charge >= 0.3 is 6.09 Å². The molecule has 0 spiro atoms. The zero-order valence-corrected chi connectivity index (χ0v) is 18.3. The first-order valence-corrected chi connectivity index (χ1v) is 10.6. The van der Waals surface area contributed by atoms with Crippen molar-refractivity contribution in [2.75, 3.05) is 59.0 Å². The summed E-state index contributed by atoms with van der Waals surface area (Å²) in [5, 5.41) is 6.71. The molecule has 2 fully saturated rings. The Balaban J connectivity index is 1.69. The van der Waals surface area contributed by atoms with Crippen LogP contribution in [0.4, 0.5) is 4.79 Å². The minimum absolute atomic E-state index is 0.125. The molecule has 2 saturated heterocycles. The van der Waals surface area contributed by atoms with E-state index in [9.17, 15) is 4.79 Å². The molecule has 1 unspecified atom stereocenters. The van der Waals surface area contributed by atoms with Gasteiger partial charge in [-0.05, 0) is 47.5 Å². The summed E-state index contributed by atoms with van der Waals surface area (Å²) in [5.74, 6) is 0.839. The molecule has 162 valence electrons. The van der Waals surface area contributed by atoms with Gasteiger partial charge in [0, 0.05) is 52.4 Å². The van der Waals surface area contributed by atoms with E-state index >= 15 is 0 Å². The van der Waals surface area contributed by atoms with Gasteiger partial charge in [-0.3, -0.25) is 9.89 Å². The fourth-order valence-corrected chi connectivity index (χ4v) is 3.36. The van der Waals surface area contributed by atoms with Crippen molar-refractivity contribution in [2.45, 2.75) is 58.7 Å². The SMILES string of the molecule is CCNC(=NCC1(C)CCCO1)NCCN1CCN(C(=O)OC(C)(C)C)CC1. The third-order valence-corrected chi connectivity index (χ3v) is 4.96. The van der Waals surface area contributed by atoms with E-state index < -0.39 is 5.60 Å². The highest BCUT2D eigenvalue weighted by molar-refractivity contribution is 5.79. The van der Waals surface area contributed by atoms with Crippen LogP contribution in [0.2, 0.25) is 0 Å². The summed E-state index contributed by atoms with van der Waals surface area (Å²) >= 11 is 0. The molecule has 8 heteroatoms. The number of nitrogens with one attached hydrogen (secondary N) is 2. The van der Waals surface area contributed by atoms with Crippen LogP contribution >= 0.6 is 0 Å². The smallest absolute Gasteiger partial charge is 0.410 e. The van der Waals surface area contributed by atoms with Crippen LogP contribution in [0, 0.1) is 0 Å². The van der Waals surface area contributed by atoms with Crippen molar-refractivity contribution in [3.63, 3.8) is 0 Å². The molecule has 2 N–H and O–H groups in total. The van der Waals surface area contributed by atoms with Gasteiger partial charge in [0.1, 0.15) is 5.60 Å². The van der Waals surface area contributed by atoms with E-state index in [1.807, 2.05) is 20.8 Å². The van der Waals surface area contributed by atoms with Crippen LogP contribution in [0.15, 0.2) is 4.99 Å². The molecule has 2 aliphatic rings. The Morgan fingerprint density at radius 3 is 2.50 bits per heavy atom. The average molecular weight is 398 g/mol. The van der Waals surface area contributed by atoms with Crippen molar-refractivity contribution < 1.29 is 14.3 Å². The molecular weight excluding hydrogens is 358 g/mol. The van der Waals surface area contributed by atoms with Crippen molar-refractivity contribution in [1.82, 2.24) is 20.4 Å². The summed E-state index contributed by atoms with van der Waals surface area (Å²) in [6, 6.07) is 0. The first kappa shape index (κ1) is 22.7. The lowest BCUT2D eigenvalue weighted by atomic mass is 10.0. The van der Waals surface area contributed by atoms with Crippen LogP contribution in [0.25, 0.3) is 0 Å². The number of carbonyl (C=O) groups excluding carboxylic acids is 1. The van der Waals surface area contributed by atoms with E-state index in [-0.39, 0.29) is 11.7 Å². The van der Waals surface area contributed by atoms with Gasteiger partial charge in [-0.2, -0.15) is 0 Å². The van der Waals surface area contributed by atoms with Crippen LogP contribution < -0.4 is 10.6 Å². The van der Waals surface area contributed by atoms with E-state index in [4.69, 9.17) is 14.5 Å². The van der Waals surface area contributed by atoms with Crippen LogP contribution in [0.5, 0.6) is 0 Å². The van der Waals surface area contributed by atoms with Gasteiger partial charge in [0.2, 0.25) is 0 Å². The zero-order valence-electron chi connectivity index (χ0n) is 18.3. The summed E-state index contributed by atoms with van der Waals surface area (Å²) in [5.41, 5.74) is -0.568. The molecule has 28 heavy (non-hydrogen) atoms. The molecule has 0 bridgehead atoms. The summed E-state index contributed by atoms with van der Waals surface area (Å²) in [4.78, 5) is 21.0. The molecule has 0 aromatic heterocycles. The van der Waals surface area contributed by atoms with E-state index in [1.165, 1.54) is 0 Å². The van der Waals surface area contributed by atoms with Gasteiger partial charge < -0.3 is 25.0 Å². The number of rotatable bonds is 6. The molecular formula is C20H39N5O3. The van der Waals surface area contributed by atoms with Crippen molar-refractivity contribution in [2.24, 2.45) is 4.99 Å². The van der Waals surface area contributed by atoms with Crippen LogP contribution in [-0.4, -0.2) is 92.0 Å². The summed E-state index contributed by atoms with van der Waals surface area (Å²) in [6.07, 6.45) is 1.97. The van der Waals surface area contributed by atoms with Gasteiger partial charge in [0.05, 0.1) is 12.1 Å². The summed E-state index contributed by atoms with van der Waals surface area (Å²) < 4.78 is 11.3. The normalized spacial score (nSPS) is 24.3. The first-order chi connectivity index (χ1) is 13.2. The van der Waals surface area contributed by atoms with Gasteiger partial charge in [-0.15, -0.1) is 0 Å². The number of ether oxygens (including phenoxy) is 2. The lowest BCUT2D eigenvalue weighted by Crippen LogP contribution is -2.51. The Labute approximate surface area is 170 Å². The fourth-order valence-electron chi connectivity index (χ4n) is 3.36. The van der Waals surface area contributed by atoms with Crippen molar-refractivity contribution in [1.29, 1.82) is 0 Å². The van der Waals surface area contributed by atoms with Crippen molar-refractivity contribution in [3.05, 3.63) is 0 Å². The number of piperazine rings is 1. The van der Waals surface area contributed by atoms with E-state index in [2.05, 4.69) is 29.4 Å². The Hall–Kier alpha value is -1.54. The largest absolute Gasteiger partial charge is 0.444 e. The monoisotopic (exact) mass is 397 g/mol. The lowest BCUT2D eigenvalue weighted by Gasteiger charge is -2.35. The number of hydrogen-bond donors (Lipinski definition) is 2. The molecule has 0 radical (unpaired) electrons. The maximum atomic E-state index is 12.1. The Kier molecular flexibility index (Phi) is 8.37. The minimum atomic E-state index is -0.444. The molecule has 0 aliphatic carbocycles. The third kappa shape index (κ3) is 7.83. The third-order valence-electron chi connectivity index (χ3n) is 4.96. The van der Waals surface area contributed by atoms with Crippen LogP contribution in [0.1, 0.15) is 47.5 Å². The Morgan fingerprint density at radius 1 is 1.21 bits per heavy atom. The lowest BCUT2D eigenvalue weighted by molar-refractivity contribution is 0.0147. The Morgan fingerprint density at radius 2 is 1.93 bits per heavy atom. The van der Waals surface area contributed by atoms with Crippen LogP contribution in [0.3, 0.4) is 0 Å². The topological polar surface area (TPSA) is 78.4 Å². The number of guanidine groups is 1. The first-order valence-electron chi connectivity index (χ1n) is 10.6. The second-order valence-electron chi connectivity index (χ2n) is 8.83. The molecule has 1 amide bonds. The van der Waals surface area contributed by atoms with E-state index in [0.29, 0.717) is 19.6 Å². The number of carbonyl (C=O) groups is 1. The predicted molar refractivity (Wildman–Crippen MR) is 112 cm³/mol. The zero-order chi connectivity index (χ0) is 20.6. The molecule has 2 rings (SSSR count). The van der Waals surface area contributed by atoms with E-state index in [1.54, 1.807) is 4.90 Å². The average Bonchev–Trinajstić information content (AvgIpc) is 3.06. The fraction of sp³-hybridized carbons (Fsp3) is 0.900. The molecule has 0 saturated carbocycles. The number of aliphatic imine (C=N–C) groups is 1.